The lowest BCUT2D eigenvalue weighted by Crippen LogP contribution is -2.32. The van der Waals surface area contributed by atoms with Gasteiger partial charge in [-0.05, 0) is 12.3 Å². The van der Waals surface area contributed by atoms with Gasteiger partial charge >= 0.3 is 0 Å². The molecule has 0 radical (unpaired) electrons. The van der Waals surface area contributed by atoms with Crippen molar-refractivity contribution in [3.63, 3.8) is 0 Å². The van der Waals surface area contributed by atoms with Gasteiger partial charge in [-0.3, -0.25) is 4.99 Å². The number of hydrogen-bond acceptors (Lipinski definition) is 5. The van der Waals surface area contributed by atoms with E-state index in [9.17, 15) is 8.42 Å². The van der Waals surface area contributed by atoms with Crippen molar-refractivity contribution in [3.8, 4) is 0 Å². The Morgan fingerprint density at radius 2 is 2.18 bits per heavy atom. The normalized spacial score (nSPS) is 20.7. The van der Waals surface area contributed by atoms with E-state index in [0.29, 0.717) is 24.3 Å². The molecule has 1 aliphatic heterocycles. The molecule has 0 spiro atoms. The van der Waals surface area contributed by atoms with Crippen molar-refractivity contribution in [2.45, 2.75) is 25.5 Å². The first-order valence-corrected chi connectivity index (χ1v) is 8.53. The maximum absolute atomic E-state index is 10.8. The Kier molecular flexibility index (Phi) is 5.75. The monoisotopic (exact) mass is 279 g/mol. The van der Waals surface area contributed by atoms with Crippen molar-refractivity contribution in [3.05, 3.63) is 0 Å². The fraction of sp³-hybridized carbons (Fsp3) is 0.900. The average Bonchev–Trinajstić information content (AvgIpc) is 2.58. The standard InChI is InChI=1S/C10H21N3O2S2/c1-8(2)6-9-7-12-10(16-9)11-4-5-13-17(3,14)15/h8-9,13H,4-7H2,1-3H3,(H,11,12). The molecule has 1 atom stereocenters. The number of nitrogens with one attached hydrogen (secondary N) is 2. The van der Waals surface area contributed by atoms with E-state index in [1.807, 2.05) is 0 Å². The molecule has 17 heavy (non-hydrogen) atoms. The van der Waals surface area contributed by atoms with E-state index in [1.165, 1.54) is 6.42 Å². The first-order chi connectivity index (χ1) is 7.87. The van der Waals surface area contributed by atoms with Crippen LogP contribution in [-0.4, -0.2) is 44.7 Å². The van der Waals surface area contributed by atoms with Crippen LogP contribution in [0, 0.1) is 5.92 Å². The minimum Gasteiger partial charge on any atom is -0.364 e. The Morgan fingerprint density at radius 1 is 1.47 bits per heavy atom. The molecule has 1 heterocycles. The highest BCUT2D eigenvalue weighted by Gasteiger charge is 2.19. The van der Waals surface area contributed by atoms with Crippen LogP contribution in [0.3, 0.4) is 0 Å². The van der Waals surface area contributed by atoms with E-state index >= 15 is 0 Å². The average molecular weight is 279 g/mol. The second-order valence-electron chi connectivity index (χ2n) is 4.61. The van der Waals surface area contributed by atoms with Crippen molar-refractivity contribution in [2.24, 2.45) is 10.9 Å². The zero-order valence-electron chi connectivity index (χ0n) is 10.6. The molecule has 0 aliphatic carbocycles. The van der Waals surface area contributed by atoms with Crippen molar-refractivity contribution in [1.82, 2.24) is 10.0 Å². The molecule has 1 rings (SSSR count). The summed E-state index contributed by atoms with van der Waals surface area (Å²) in [5, 5.41) is 4.65. The van der Waals surface area contributed by atoms with Crippen LogP contribution in [0.5, 0.6) is 0 Å². The van der Waals surface area contributed by atoms with E-state index < -0.39 is 10.0 Å². The SMILES string of the molecule is CC(C)CC1CN=C(NCCNS(C)(=O)=O)S1. The highest BCUT2D eigenvalue weighted by atomic mass is 32.2. The number of amidine groups is 1. The topological polar surface area (TPSA) is 70.6 Å². The Bertz CT molecular complexity index is 366. The van der Waals surface area contributed by atoms with Crippen LogP contribution in [0.1, 0.15) is 20.3 Å². The summed E-state index contributed by atoms with van der Waals surface area (Å²) in [7, 11) is -3.08. The Balaban J connectivity index is 2.14. The van der Waals surface area contributed by atoms with Crippen LogP contribution in [-0.2, 0) is 10.0 Å². The van der Waals surface area contributed by atoms with Crippen LogP contribution >= 0.6 is 11.8 Å². The lowest BCUT2D eigenvalue weighted by molar-refractivity contribution is 0.575. The fourth-order valence-corrected chi connectivity index (χ4v) is 3.32. The molecule has 0 saturated carbocycles. The first-order valence-electron chi connectivity index (χ1n) is 5.76. The van der Waals surface area contributed by atoms with E-state index in [-0.39, 0.29) is 0 Å². The molecule has 100 valence electrons. The van der Waals surface area contributed by atoms with E-state index in [1.54, 1.807) is 11.8 Å². The summed E-state index contributed by atoms with van der Waals surface area (Å²) in [6.07, 6.45) is 2.33. The third-order valence-corrected chi connectivity index (χ3v) is 4.12. The Morgan fingerprint density at radius 3 is 2.76 bits per heavy atom. The molecule has 0 saturated heterocycles. The third kappa shape index (κ3) is 6.90. The van der Waals surface area contributed by atoms with Gasteiger partial charge in [0.2, 0.25) is 10.0 Å². The lowest BCUT2D eigenvalue weighted by Gasteiger charge is -2.11. The summed E-state index contributed by atoms with van der Waals surface area (Å²) >= 11 is 1.76. The largest absolute Gasteiger partial charge is 0.364 e. The smallest absolute Gasteiger partial charge is 0.208 e. The summed E-state index contributed by atoms with van der Waals surface area (Å²) < 4.78 is 24.1. The second kappa shape index (κ2) is 6.61. The predicted octanol–water partition coefficient (Wildman–Crippen LogP) is 0.643. The summed E-state index contributed by atoms with van der Waals surface area (Å²) in [4.78, 5) is 4.40. The summed E-state index contributed by atoms with van der Waals surface area (Å²) in [6, 6.07) is 0. The molecule has 7 heteroatoms. The number of sulfonamides is 1. The van der Waals surface area contributed by atoms with Crippen LogP contribution in [0.25, 0.3) is 0 Å². The van der Waals surface area contributed by atoms with E-state index in [0.717, 1.165) is 18.0 Å². The molecular weight excluding hydrogens is 258 g/mol. The lowest BCUT2D eigenvalue weighted by atomic mass is 10.1. The maximum atomic E-state index is 10.8. The third-order valence-electron chi connectivity index (χ3n) is 2.22. The Labute approximate surface area is 108 Å². The van der Waals surface area contributed by atoms with Crippen LogP contribution < -0.4 is 10.0 Å². The first kappa shape index (κ1) is 14.8. The number of aliphatic imine (C=N–C) groups is 1. The van der Waals surface area contributed by atoms with Gasteiger partial charge in [0.25, 0.3) is 0 Å². The van der Waals surface area contributed by atoms with Crippen LogP contribution in [0.2, 0.25) is 0 Å². The molecule has 1 aliphatic rings. The highest BCUT2D eigenvalue weighted by Crippen LogP contribution is 2.25. The van der Waals surface area contributed by atoms with Gasteiger partial charge in [-0.15, -0.1) is 0 Å². The van der Waals surface area contributed by atoms with Gasteiger partial charge in [-0.25, -0.2) is 13.1 Å². The maximum Gasteiger partial charge on any atom is 0.208 e. The van der Waals surface area contributed by atoms with Crippen molar-refractivity contribution in [1.29, 1.82) is 0 Å². The van der Waals surface area contributed by atoms with Gasteiger partial charge in [0.05, 0.1) is 12.8 Å². The zero-order chi connectivity index (χ0) is 12.9. The quantitative estimate of drug-likeness (QED) is 0.700. The molecular formula is C10H21N3O2S2. The van der Waals surface area contributed by atoms with Crippen LogP contribution in [0.4, 0.5) is 0 Å². The fourth-order valence-electron chi connectivity index (χ4n) is 1.57. The van der Waals surface area contributed by atoms with Gasteiger partial charge in [0, 0.05) is 18.3 Å². The molecule has 1 unspecified atom stereocenters. The number of nitrogens with zero attached hydrogens (tertiary/aromatic N) is 1. The summed E-state index contributed by atoms with van der Waals surface area (Å²) in [6.45, 7) is 6.26. The molecule has 0 bridgehead atoms. The molecule has 0 aromatic carbocycles. The van der Waals surface area contributed by atoms with Gasteiger partial charge in [-0.2, -0.15) is 0 Å². The molecule has 0 aromatic rings. The zero-order valence-corrected chi connectivity index (χ0v) is 12.2. The Hall–Kier alpha value is -0.270. The minimum absolute atomic E-state index is 0.396. The molecule has 0 fully saturated rings. The molecule has 0 amide bonds. The van der Waals surface area contributed by atoms with Gasteiger partial charge in [-0.1, -0.05) is 25.6 Å². The molecule has 5 nitrogen and oxygen atoms in total. The highest BCUT2D eigenvalue weighted by molar-refractivity contribution is 8.14. The van der Waals surface area contributed by atoms with Crippen LogP contribution in [0.15, 0.2) is 4.99 Å². The molecule has 2 N–H and O–H groups in total. The van der Waals surface area contributed by atoms with E-state index in [4.69, 9.17) is 0 Å². The minimum atomic E-state index is -3.08. The predicted molar refractivity (Wildman–Crippen MR) is 74.0 cm³/mol. The number of thioether (sulfide) groups is 1. The van der Waals surface area contributed by atoms with Crippen molar-refractivity contribution < 1.29 is 8.42 Å². The number of rotatable bonds is 6. The van der Waals surface area contributed by atoms with E-state index in [2.05, 4.69) is 28.9 Å². The second-order valence-corrected chi connectivity index (χ2v) is 7.73. The molecule has 0 aromatic heterocycles. The van der Waals surface area contributed by atoms with Crippen molar-refractivity contribution in [2.75, 3.05) is 25.9 Å². The van der Waals surface area contributed by atoms with Gasteiger partial charge in [0.15, 0.2) is 5.17 Å². The van der Waals surface area contributed by atoms with Crippen molar-refractivity contribution >= 4 is 27.0 Å². The van der Waals surface area contributed by atoms with Gasteiger partial charge in [0.1, 0.15) is 0 Å². The summed E-state index contributed by atoms with van der Waals surface area (Å²) in [5.74, 6) is 0.689. The summed E-state index contributed by atoms with van der Waals surface area (Å²) in [5.41, 5.74) is 0. The number of hydrogen-bond donors (Lipinski definition) is 2. The van der Waals surface area contributed by atoms with Gasteiger partial charge < -0.3 is 5.32 Å².